The van der Waals surface area contributed by atoms with Gasteiger partial charge in [0.25, 0.3) is 5.91 Å². The summed E-state index contributed by atoms with van der Waals surface area (Å²) in [6, 6.07) is 10.9. The molecule has 3 amide bonds. The van der Waals surface area contributed by atoms with Crippen LogP contribution in [0.25, 0.3) is 0 Å². The number of rotatable bonds is 3. The van der Waals surface area contributed by atoms with Crippen molar-refractivity contribution in [3.05, 3.63) is 59.7 Å². The van der Waals surface area contributed by atoms with Gasteiger partial charge in [0.15, 0.2) is 0 Å². The zero-order valence-electron chi connectivity index (χ0n) is 18.2. The van der Waals surface area contributed by atoms with E-state index >= 15 is 0 Å². The fourth-order valence-electron chi connectivity index (χ4n) is 4.38. The molecular weight excluding hydrogens is 433 g/mol. The Balaban J connectivity index is 1.57. The van der Waals surface area contributed by atoms with Crippen LogP contribution in [0.4, 0.5) is 29.3 Å². The third-order valence-electron chi connectivity index (χ3n) is 6.10. The summed E-state index contributed by atoms with van der Waals surface area (Å²) in [7, 11) is 1.64. The van der Waals surface area contributed by atoms with Crippen LogP contribution in [0.2, 0.25) is 0 Å². The van der Waals surface area contributed by atoms with E-state index < -0.39 is 29.8 Å². The number of nitrogens with one attached hydrogen (secondary N) is 2. The number of hydrogen-bond acceptors (Lipinski definition) is 3. The fraction of sp³-hybridized carbons (Fsp3) is 0.375. The summed E-state index contributed by atoms with van der Waals surface area (Å²) in [5.74, 6) is -0.197. The minimum absolute atomic E-state index is 0.176. The Morgan fingerprint density at radius 2 is 1.70 bits per heavy atom. The van der Waals surface area contributed by atoms with Crippen molar-refractivity contribution in [2.75, 3.05) is 17.3 Å². The Kier molecular flexibility index (Phi) is 6.40. The quantitative estimate of drug-likeness (QED) is 0.664. The second kappa shape index (κ2) is 9.25. The number of aliphatic imine (C=N–C) groups is 1. The number of hydrogen-bond donors (Lipinski definition) is 2. The molecule has 0 spiro atoms. The molecule has 0 radical (unpaired) electrons. The number of para-hydroxylation sites is 1. The number of anilines is 2. The maximum absolute atomic E-state index is 13.1. The monoisotopic (exact) mass is 458 g/mol. The minimum Gasteiger partial charge on any atom is -0.311 e. The van der Waals surface area contributed by atoms with Gasteiger partial charge in [-0.05, 0) is 43.2 Å². The molecule has 2 aromatic rings. The summed E-state index contributed by atoms with van der Waals surface area (Å²) >= 11 is 0. The maximum Gasteiger partial charge on any atom is 0.416 e. The lowest BCUT2D eigenvalue weighted by Gasteiger charge is -2.25. The Hall–Kier alpha value is -3.36. The first-order valence-corrected chi connectivity index (χ1v) is 10.9. The van der Waals surface area contributed by atoms with Crippen molar-refractivity contribution in [3.8, 4) is 0 Å². The van der Waals surface area contributed by atoms with Crippen molar-refractivity contribution in [2.45, 2.75) is 44.4 Å². The minimum atomic E-state index is -4.46. The van der Waals surface area contributed by atoms with Crippen LogP contribution in [-0.2, 0) is 11.0 Å². The van der Waals surface area contributed by atoms with Gasteiger partial charge >= 0.3 is 12.2 Å². The molecule has 1 fully saturated rings. The van der Waals surface area contributed by atoms with E-state index in [9.17, 15) is 22.8 Å². The SMILES string of the molecule is CN1C(=O)C(NC(=O)Nc2ccc(C(F)(F)F)cc2)N=C(C2CCCCC2)c2ccccc21. The van der Waals surface area contributed by atoms with Crippen molar-refractivity contribution in [3.63, 3.8) is 0 Å². The van der Waals surface area contributed by atoms with Crippen LogP contribution in [-0.4, -0.2) is 30.9 Å². The highest BCUT2D eigenvalue weighted by molar-refractivity contribution is 6.14. The normalized spacial score (nSPS) is 19.4. The molecule has 1 unspecified atom stereocenters. The maximum atomic E-state index is 13.1. The first-order chi connectivity index (χ1) is 15.7. The van der Waals surface area contributed by atoms with Gasteiger partial charge in [-0.15, -0.1) is 0 Å². The molecule has 2 aromatic carbocycles. The summed E-state index contributed by atoms with van der Waals surface area (Å²) in [5.41, 5.74) is 1.79. The average Bonchev–Trinajstić information content (AvgIpc) is 2.90. The molecule has 1 saturated carbocycles. The standard InChI is InChI=1S/C24H25F3N4O2/c1-31-19-10-6-5-9-18(19)20(15-7-3-2-4-8-15)29-21(22(31)32)30-23(33)28-17-13-11-16(12-14-17)24(25,26)27/h5-6,9-15,21H,2-4,7-8H2,1H3,(H2,28,30,33). The van der Waals surface area contributed by atoms with Crippen LogP contribution in [0.5, 0.6) is 0 Å². The second-order valence-corrected chi connectivity index (χ2v) is 8.34. The van der Waals surface area contributed by atoms with Crippen LogP contribution in [0.1, 0.15) is 43.2 Å². The Labute approximate surface area is 189 Å². The summed E-state index contributed by atoms with van der Waals surface area (Å²) < 4.78 is 38.3. The molecule has 2 N–H and O–H groups in total. The van der Waals surface area contributed by atoms with Crippen molar-refractivity contribution < 1.29 is 22.8 Å². The number of urea groups is 1. The summed E-state index contributed by atoms with van der Waals surface area (Å²) in [6.45, 7) is 0. The number of fused-ring (bicyclic) bond motifs is 1. The van der Waals surface area contributed by atoms with Gasteiger partial charge in [0.1, 0.15) is 0 Å². The highest BCUT2D eigenvalue weighted by atomic mass is 19.4. The summed E-state index contributed by atoms with van der Waals surface area (Å²) in [6.07, 6.45) is -0.331. The second-order valence-electron chi connectivity index (χ2n) is 8.34. The van der Waals surface area contributed by atoms with E-state index in [1.165, 1.54) is 11.3 Å². The molecule has 1 aliphatic carbocycles. The average molecular weight is 458 g/mol. The van der Waals surface area contributed by atoms with E-state index in [0.29, 0.717) is 0 Å². The van der Waals surface area contributed by atoms with Crippen LogP contribution in [0.3, 0.4) is 0 Å². The lowest BCUT2D eigenvalue weighted by Crippen LogP contribution is -2.47. The first kappa shape index (κ1) is 22.8. The van der Waals surface area contributed by atoms with Crippen LogP contribution >= 0.6 is 0 Å². The van der Waals surface area contributed by atoms with Crippen molar-refractivity contribution in [1.29, 1.82) is 0 Å². The number of nitrogens with zero attached hydrogens (tertiary/aromatic N) is 2. The van der Waals surface area contributed by atoms with Gasteiger partial charge in [-0.1, -0.05) is 37.5 Å². The number of carbonyl (C=O) groups excluding carboxylic acids is 2. The molecule has 0 saturated heterocycles. The van der Waals surface area contributed by atoms with Crippen molar-refractivity contribution in [1.82, 2.24) is 5.32 Å². The highest BCUT2D eigenvalue weighted by Gasteiger charge is 2.34. The van der Waals surface area contributed by atoms with Crippen LogP contribution < -0.4 is 15.5 Å². The number of benzene rings is 2. The van der Waals surface area contributed by atoms with Crippen LogP contribution in [0, 0.1) is 5.92 Å². The molecule has 174 valence electrons. The predicted octanol–water partition coefficient (Wildman–Crippen LogP) is 5.20. The number of benzodiazepines with no additional fused rings is 1. The van der Waals surface area contributed by atoms with Gasteiger partial charge in [0.2, 0.25) is 6.17 Å². The van der Waals surface area contributed by atoms with Crippen molar-refractivity contribution >= 4 is 29.0 Å². The predicted molar refractivity (Wildman–Crippen MR) is 120 cm³/mol. The van der Waals surface area contributed by atoms with E-state index in [4.69, 9.17) is 4.99 Å². The fourth-order valence-corrected chi connectivity index (χ4v) is 4.38. The molecule has 2 aliphatic rings. The van der Waals surface area contributed by atoms with Crippen molar-refractivity contribution in [2.24, 2.45) is 10.9 Å². The molecule has 0 aromatic heterocycles. The Bertz CT molecular complexity index is 1060. The zero-order valence-corrected chi connectivity index (χ0v) is 18.2. The summed E-state index contributed by atoms with van der Waals surface area (Å²) in [5, 5.41) is 5.07. The Morgan fingerprint density at radius 1 is 1.03 bits per heavy atom. The number of amides is 3. The molecular formula is C24H25F3N4O2. The van der Waals surface area contributed by atoms with Gasteiger partial charge < -0.3 is 15.5 Å². The van der Waals surface area contributed by atoms with Gasteiger partial charge in [-0.3, -0.25) is 9.79 Å². The molecule has 0 bridgehead atoms. The van der Waals surface area contributed by atoms with E-state index in [1.807, 2.05) is 24.3 Å². The lowest BCUT2D eigenvalue weighted by atomic mass is 9.83. The van der Waals surface area contributed by atoms with Gasteiger partial charge in [-0.25, -0.2) is 4.79 Å². The molecule has 9 heteroatoms. The number of carbonyl (C=O) groups is 2. The summed E-state index contributed by atoms with van der Waals surface area (Å²) in [4.78, 5) is 31.9. The molecule has 1 heterocycles. The molecule has 33 heavy (non-hydrogen) atoms. The Morgan fingerprint density at radius 3 is 2.36 bits per heavy atom. The molecule has 4 rings (SSSR count). The number of likely N-dealkylation sites (N-methyl/N-ethyl adjacent to an activating group) is 1. The van der Waals surface area contributed by atoms with E-state index in [2.05, 4.69) is 10.6 Å². The van der Waals surface area contributed by atoms with E-state index in [0.717, 1.165) is 66.9 Å². The van der Waals surface area contributed by atoms with E-state index in [-0.39, 0.29) is 11.6 Å². The third kappa shape index (κ3) is 5.02. The zero-order chi connectivity index (χ0) is 23.6. The molecule has 1 aliphatic heterocycles. The van der Waals surface area contributed by atoms with Gasteiger partial charge in [0.05, 0.1) is 17.0 Å². The molecule has 1 atom stereocenters. The lowest BCUT2D eigenvalue weighted by molar-refractivity contribution is -0.137. The largest absolute Gasteiger partial charge is 0.416 e. The number of halogens is 3. The number of alkyl halides is 3. The smallest absolute Gasteiger partial charge is 0.311 e. The van der Waals surface area contributed by atoms with Gasteiger partial charge in [0, 0.05) is 24.2 Å². The first-order valence-electron chi connectivity index (χ1n) is 10.9. The van der Waals surface area contributed by atoms with Gasteiger partial charge in [-0.2, -0.15) is 13.2 Å². The topological polar surface area (TPSA) is 73.8 Å². The highest BCUT2D eigenvalue weighted by Crippen LogP contribution is 2.33. The molecule has 6 nitrogen and oxygen atoms in total. The third-order valence-corrected chi connectivity index (χ3v) is 6.10. The van der Waals surface area contributed by atoms with E-state index in [1.54, 1.807) is 7.05 Å². The van der Waals surface area contributed by atoms with Crippen LogP contribution in [0.15, 0.2) is 53.5 Å².